The Balaban J connectivity index is 1.63. The number of carbonyl (C=O) groups excluding carboxylic acids is 2. The lowest BCUT2D eigenvalue weighted by Gasteiger charge is -2.25. The molecule has 1 aliphatic rings. The Labute approximate surface area is 209 Å². The zero-order valence-corrected chi connectivity index (χ0v) is 20.2. The van der Waals surface area contributed by atoms with Gasteiger partial charge in [0.2, 0.25) is 0 Å². The number of aryl methyl sites for hydroxylation is 1. The molecule has 182 valence electrons. The van der Waals surface area contributed by atoms with Crippen molar-refractivity contribution in [1.82, 2.24) is 14.3 Å². The molecule has 3 heterocycles. The fraction of sp³-hybridized carbons (Fsp3) is 0.207. The minimum absolute atomic E-state index is 0.0611. The van der Waals surface area contributed by atoms with Crippen LogP contribution < -0.4 is 4.74 Å². The number of likely N-dealkylation sites (tertiary alicyclic amines) is 1. The maximum Gasteiger partial charge on any atom is 0.295 e. The van der Waals surface area contributed by atoms with E-state index >= 15 is 0 Å². The maximum absolute atomic E-state index is 13.4. The number of nitrogens with zero attached hydrogens (tertiary/aromatic N) is 3. The van der Waals surface area contributed by atoms with Gasteiger partial charge in [0.15, 0.2) is 5.76 Å². The lowest BCUT2D eigenvalue weighted by Crippen LogP contribution is -2.31. The van der Waals surface area contributed by atoms with Gasteiger partial charge in [-0.15, -0.1) is 0 Å². The first kappa shape index (κ1) is 23.4. The fourth-order valence-electron chi connectivity index (χ4n) is 4.79. The van der Waals surface area contributed by atoms with Crippen molar-refractivity contribution < 1.29 is 19.4 Å². The van der Waals surface area contributed by atoms with Crippen molar-refractivity contribution in [3.05, 3.63) is 107 Å². The van der Waals surface area contributed by atoms with Crippen molar-refractivity contribution in [2.45, 2.75) is 26.3 Å². The topological polar surface area (TPSA) is 84.1 Å². The predicted molar refractivity (Wildman–Crippen MR) is 137 cm³/mol. The number of aromatic nitrogens is 2. The van der Waals surface area contributed by atoms with Crippen LogP contribution in [0.15, 0.2) is 84.6 Å². The second-order valence-electron chi connectivity index (χ2n) is 8.70. The lowest BCUT2D eigenvalue weighted by molar-refractivity contribution is -0.139. The van der Waals surface area contributed by atoms with Crippen LogP contribution in [0.1, 0.15) is 35.5 Å². The van der Waals surface area contributed by atoms with Crippen LogP contribution in [0, 0.1) is 6.92 Å². The minimum atomic E-state index is -0.738. The molecule has 36 heavy (non-hydrogen) atoms. The van der Waals surface area contributed by atoms with E-state index in [1.807, 2.05) is 79.7 Å². The van der Waals surface area contributed by atoms with E-state index in [1.54, 1.807) is 22.4 Å². The van der Waals surface area contributed by atoms with Gasteiger partial charge < -0.3 is 14.7 Å². The van der Waals surface area contributed by atoms with E-state index in [-0.39, 0.29) is 11.3 Å². The summed E-state index contributed by atoms with van der Waals surface area (Å²) in [4.78, 5) is 32.8. The molecule has 0 radical (unpaired) electrons. The van der Waals surface area contributed by atoms with Crippen LogP contribution in [0.4, 0.5) is 0 Å². The van der Waals surface area contributed by atoms with Crippen LogP contribution in [0.5, 0.6) is 5.75 Å². The van der Waals surface area contributed by atoms with Crippen molar-refractivity contribution in [1.29, 1.82) is 0 Å². The monoisotopic (exact) mass is 481 g/mol. The summed E-state index contributed by atoms with van der Waals surface area (Å²) in [5.41, 5.74) is 3.46. The molecule has 1 fully saturated rings. The third-order valence-electron chi connectivity index (χ3n) is 6.46. The Bertz CT molecular complexity index is 1460. The van der Waals surface area contributed by atoms with E-state index < -0.39 is 17.7 Å². The number of pyridine rings is 1. The van der Waals surface area contributed by atoms with Crippen LogP contribution in [-0.4, -0.2) is 44.2 Å². The molecule has 1 atom stereocenters. The third-order valence-corrected chi connectivity index (χ3v) is 6.46. The van der Waals surface area contributed by atoms with E-state index in [0.29, 0.717) is 42.4 Å². The highest BCUT2D eigenvalue weighted by Gasteiger charge is 2.46. The summed E-state index contributed by atoms with van der Waals surface area (Å²) >= 11 is 0. The highest BCUT2D eigenvalue weighted by Crippen LogP contribution is 2.40. The normalized spacial score (nSPS) is 17.2. The van der Waals surface area contributed by atoms with E-state index in [4.69, 9.17) is 4.74 Å². The minimum Gasteiger partial charge on any atom is -0.505 e. The molecule has 2 aromatic heterocycles. The first-order valence-corrected chi connectivity index (χ1v) is 12.0. The second-order valence-corrected chi connectivity index (χ2v) is 8.70. The summed E-state index contributed by atoms with van der Waals surface area (Å²) in [6.45, 7) is 4.54. The molecular formula is C29H27N3O4. The number of carbonyl (C=O) groups is 2. The Morgan fingerprint density at radius 2 is 1.72 bits per heavy atom. The number of hydrogen-bond acceptors (Lipinski definition) is 5. The number of aliphatic hydroxyl groups excluding tert-OH is 1. The van der Waals surface area contributed by atoms with Gasteiger partial charge in [-0.1, -0.05) is 48.5 Å². The van der Waals surface area contributed by atoms with Crippen molar-refractivity contribution in [3.8, 4) is 5.75 Å². The van der Waals surface area contributed by atoms with Gasteiger partial charge in [-0.2, -0.15) is 0 Å². The molecule has 7 heteroatoms. The zero-order chi connectivity index (χ0) is 25.2. The van der Waals surface area contributed by atoms with Crippen molar-refractivity contribution in [3.63, 3.8) is 0 Å². The molecule has 4 aromatic rings. The van der Waals surface area contributed by atoms with Gasteiger partial charge in [-0.05, 0) is 55.7 Å². The van der Waals surface area contributed by atoms with Gasteiger partial charge in [0.1, 0.15) is 17.1 Å². The molecule has 1 saturated heterocycles. The smallest absolute Gasteiger partial charge is 0.295 e. The SMILES string of the molecule is CCOc1ccc(C2/C(=C(\O)c3c(C)nc4ccccn34)C(=O)C(=O)N2CCc2ccccc2)cc1. The molecule has 1 aliphatic heterocycles. The van der Waals surface area contributed by atoms with E-state index in [2.05, 4.69) is 4.98 Å². The number of hydrogen-bond donors (Lipinski definition) is 1. The average Bonchev–Trinajstić information content (AvgIpc) is 3.36. The molecule has 0 bridgehead atoms. The summed E-state index contributed by atoms with van der Waals surface area (Å²) in [5.74, 6) is -0.867. The molecule has 1 amide bonds. The summed E-state index contributed by atoms with van der Waals surface area (Å²) < 4.78 is 7.31. The number of aliphatic hydroxyl groups is 1. The number of ketones is 1. The van der Waals surface area contributed by atoms with E-state index in [1.165, 1.54) is 0 Å². The Morgan fingerprint density at radius 3 is 2.44 bits per heavy atom. The third kappa shape index (κ3) is 4.13. The number of Topliss-reactive ketones (excluding diaryl/α,β-unsaturated/α-hetero) is 1. The van der Waals surface area contributed by atoms with Gasteiger partial charge in [0.25, 0.3) is 11.7 Å². The first-order valence-electron chi connectivity index (χ1n) is 12.0. The van der Waals surface area contributed by atoms with Crippen molar-refractivity contribution in [2.24, 2.45) is 0 Å². The number of fused-ring (bicyclic) bond motifs is 1. The Morgan fingerprint density at radius 1 is 1.00 bits per heavy atom. The van der Waals surface area contributed by atoms with Crippen LogP contribution in [-0.2, 0) is 16.0 Å². The summed E-state index contributed by atoms with van der Waals surface area (Å²) in [6, 6.07) is 21.9. The summed E-state index contributed by atoms with van der Waals surface area (Å²) in [6.07, 6.45) is 2.36. The quantitative estimate of drug-likeness (QED) is 0.235. The molecular weight excluding hydrogens is 454 g/mol. The molecule has 7 nitrogen and oxygen atoms in total. The highest BCUT2D eigenvalue weighted by molar-refractivity contribution is 6.46. The van der Waals surface area contributed by atoms with E-state index in [9.17, 15) is 14.7 Å². The maximum atomic E-state index is 13.4. The van der Waals surface area contributed by atoms with Gasteiger partial charge in [0, 0.05) is 12.7 Å². The molecule has 5 rings (SSSR count). The Kier molecular flexibility index (Phi) is 6.29. The zero-order valence-electron chi connectivity index (χ0n) is 20.2. The molecule has 0 spiro atoms. The number of rotatable bonds is 7. The molecule has 1 N–H and O–H groups in total. The van der Waals surface area contributed by atoms with Crippen LogP contribution >= 0.6 is 0 Å². The van der Waals surface area contributed by atoms with Crippen LogP contribution in [0.2, 0.25) is 0 Å². The van der Waals surface area contributed by atoms with Crippen molar-refractivity contribution >= 4 is 23.1 Å². The average molecular weight is 482 g/mol. The van der Waals surface area contributed by atoms with Gasteiger partial charge in [0.05, 0.1) is 23.9 Å². The Hall–Kier alpha value is -4.39. The molecule has 2 aromatic carbocycles. The van der Waals surface area contributed by atoms with Crippen LogP contribution in [0.3, 0.4) is 0 Å². The molecule has 0 aliphatic carbocycles. The molecule has 1 unspecified atom stereocenters. The van der Waals surface area contributed by atoms with Crippen LogP contribution in [0.25, 0.3) is 11.4 Å². The highest BCUT2D eigenvalue weighted by atomic mass is 16.5. The summed E-state index contributed by atoms with van der Waals surface area (Å²) in [7, 11) is 0. The summed E-state index contributed by atoms with van der Waals surface area (Å²) in [5, 5.41) is 11.5. The number of imidazole rings is 1. The van der Waals surface area contributed by atoms with Gasteiger partial charge in [-0.25, -0.2) is 4.98 Å². The fourth-order valence-corrected chi connectivity index (χ4v) is 4.79. The number of amides is 1. The second kappa shape index (κ2) is 9.70. The van der Waals surface area contributed by atoms with Crippen molar-refractivity contribution in [2.75, 3.05) is 13.2 Å². The largest absolute Gasteiger partial charge is 0.505 e. The van der Waals surface area contributed by atoms with Gasteiger partial charge >= 0.3 is 0 Å². The van der Waals surface area contributed by atoms with E-state index in [0.717, 1.165) is 11.1 Å². The lowest BCUT2D eigenvalue weighted by atomic mass is 9.96. The predicted octanol–water partition coefficient (Wildman–Crippen LogP) is 4.71. The standard InChI is InChI=1S/C29H27N3O4/c1-3-36-22-14-12-21(13-15-22)26-24(27(33)25-19(2)30-23-11-7-8-17-31(23)25)28(34)29(35)32(26)18-16-20-9-5-4-6-10-20/h4-15,17,26,33H,3,16,18H2,1-2H3/b27-24+. The number of benzene rings is 2. The first-order chi connectivity index (χ1) is 17.5. The van der Waals surface area contributed by atoms with Gasteiger partial charge in [-0.3, -0.25) is 14.0 Å². The molecule has 0 saturated carbocycles. The number of ether oxygens (including phenoxy) is 1.